The van der Waals surface area contributed by atoms with Crippen LogP contribution in [0.15, 0.2) is 30.3 Å². The Morgan fingerprint density at radius 2 is 1.46 bits per heavy atom. The number of hydrogen-bond acceptors (Lipinski definition) is 0. The van der Waals surface area contributed by atoms with Gasteiger partial charge in [-0.1, -0.05) is 30.3 Å². The molecule has 26 heavy (non-hydrogen) atoms. The molecule has 0 amide bonds. The van der Waals surface area contributed by atoms with E-state index >= 15 is 0 Å². The van der Waals surface area contributed by atoms with Gasteiger partial charge in [-0.3, -0.25) is 0 Å². The molecule has 3 nitrogen and oxygen atoms in total. The maximum atomic E-state index is 2.29. The molecule has 2 aliphatic carbocycles. The largest absolute Gasteiger partial charge is 0.331 e. The molecule has 3 N–H and O–H groups in total. The number of quaternary nitrogens is 3. The van der Waals surface area contributed by atoms with E-state index in [0.29, 0.717) is 0 Å². The maximum absolute atomic E-state index is 2.29. The number of fused-ring (bicyclic) bond motifs is 2. The monoisotopic (exact) mass is 356 g/mol. The van der Waals surface area contributed by atoms with Crippen molar-refractivity contribution in [2.75, 3.05) is 39.3 Å². The Bertz CT molecular complexity index is 572. The molecule has 3 heteroatoms. The molecule has 1 aromatic rings. The van der Waals surface area contributed by atoms with Crippen molar-refractivity contribution in [3.05, 3.63) is 35.9 Å². The second kappa shape index (κ2) is 7.61. The Labute approximate surface area is 159 Å². The summed E-state index contributed by atoms with van der Waals surface area (Å²) in [4.78, 5) is 5.75. The summed E-state index contributed by atoms with van der Waals surface area (Å²) in [5.41, 5.74) is 1.51. The van der Waals surface area contributed by atoms with E-state index in [9.17, 15) is 0 Å². The third-order valence-corrected chi connectivity index (χ3v) is 8.36. The molecular weight excluding hydrogens is 318 g/mol. The summed E-state index contributed by atoms with van der Waals surface area (Å²) in [6.07, 6.45) is 9.14. The lowest BCUT2D eigenvalue weighted by molar-refractivity contribution is -1.04. The summed E-state index contributed by atoms with van der Waals surface area (Å²) in [6, 6.07) is 13.1. The smallest absolute Gasteiger partial charge is 0.127 e. The number of rotatable bonds is 4. The molecule has 0 unspecified atom stereocenters. The summed E-state index contributed by atoms with van der Waals surface area (Å²) in [5, 5.41) is 0. The zero-order valence-electron chi connectivity index (χ0n) is 16.4. The molecule has 2 saturated heterocycles. The van der Waals surface area contributed by atoms with Gasteiger partial charge in [0.15, 0.2) is 0 Å². The van der Waals surface area contributed by atoms with Crippen LogP contribution >= 0.6 is 0 Å². The number of piperazine rings is 1. The topological polar surface area (TPSA) is 13.3 Å². The maximum Gasteiger partial charge on any atom is 0.127 e. The lowest BCUT2D eigenvalue weighted by Crippen LogP contribution is -3.31. The second-order valence-corrected chi connectivity index (χ2v) is 9.78. The van der Waals surface area contributed by atoms with E-state index in [2.05, 4.69) is 30.3 Å². The van der Waals surface area contributed by atoms with E-state index in [0.717, 1.165) is 23.9 Å². The van der Waals surface area contributed by atoms with Crippen LogP contribution in [-0.4, -0.2) is 51.4 Å². The van der Waals surface area contributed by atoms with Gasteiger partial charge in [0.25, 0.3) is 0 Å². The third-order valence-electron chi connectivity index (χ3n) is 8.36. The summed E-state index contributed by atoms with van der Waals surface area (Å²) in [5.74, 6) is 2.21. The van der Waals surface area contributed by atoms with Crippen LogP contribution in [0.1, 0.15) is 44.1 Å². The van der Waals surface area contributed by atoms with Crippen LogP contribution in [0.4, 0.5) is 0 Å². The van der Waals surface area contributed by atoms with Gasteiger partial charge in [0.2, 0.25) is 0 Å². The summed E-state index contributed by atoms with van der Waals surface area (Å²) >= 11 is 0. The van der Waals surface area contributed by atoms with Gasteiger partial charge in [-0.05, 0) is 25.2 Å². The quantitative estimate of drug-likeness (QED) is 0.626. The lowest BCUT2D eigenvalue weighted by atomic mass is 9.93. The Morgan fingerprint density at radius 3 is 2.12 bits per heavy atom. The number of benzene rings is 1. The average Bonchev–Trinajstić information content (AvgIpc) is 3.33. The Kier molecular flexibility index (Phi) is 5.04. The summed E-state index contributed by atoms with van der Waals surface area (Å²) in [6.45, 7) is 9.80. The van der Waals surface area contributed by atoms with Crippen LogP contribution in [0.3, 0.4) is 0 Å². The Morgan fingerprint density at radius 1 is 0.731 bits per heavy atom. The second-order valence-electron chi connectivity index (χ2n) is 9.78. The minimum atomic E-state index is 0.955. The molecule has 2 bridgehead atoms. The van der Waals surface area contributed by atoms with Gasteiger partial charge in [0.1, 0.15) is 32.7 Å². The number of nitrogens with one attached hydrogen (secondary N) is 3. The first-order chi connectivity index (χ1) is 12.8. The zero-order chi connectivity index (χ0) is 17.3. The molecule has 2 heterocycles. The highest BCUT2D eigenvalue weighted by molar-refractivity contribution is 5.13. The van der Waals surface area contributed by atoms with Crippen molar-refractivity contribution >= 4 is 0 Å². The molecule has 3 atom stereocenters. The molecule has 4 aliphatic rings. The van der Waals surface area contributed by atoms with Gasteiger partial charge in [-0.25, -0.2) is 0 Å². The van der Waals surface area contributed by atoms with Crippen LogP contribution < -0.4 is 14.7 Å². The Balaban J connectivity index is 1.07. The summed E-state index contributed by atoms with van der Waals surface area (Å²) < 4.78 is 0. The highest BCUT2D eigenvalue weighted by atomic mass is 15.3. The predicted octanol–water partition coefficient (Wildman–Crippen LogP) is -0.794. The summed E-state index contributed by atoms with van der Waals surface area (Å²) in [7, 11) is 0. The molecule has 0 aromatic heterocycles. The van der Waals surface area contributed by atoms with E-state index in [1.54, 1.807) is 30.6 Å². The fraction of sp³-hybridized carbons (Fsp3) is 0.739. The van der Waals surface area contributed by atoms with Gasteiger partial charge in [0.05, 0.1) is 25.2 Å². The molecule has 1 aromatic carbocycles. The molecule has 0 spiro atoms. The standard InChI is InChI=1S/C23H35N3/c1-2-4-19(5-3-1)18-24-10-8-22(9-11-24)25-12-14-26(15-13-25)23-17-20-6-7-21(23)16-20/h1-5,20-23H,6-18H2/p+3/t20-,21+,23-/m0/s1. The van der Waals surface area contributed by atoms with Gasteiger partial charge < -0.3 is 14.7 Å². The molecule has 142 valence electrons. The van der Waals surface area contributed by atoms with Crippen molar-refractivity contribution in [3.8, 4) is 0 Å². The van der Waals surface area contributed by atoms with Crippen LogP contribution in [-0.2, 0) is 6.54 Å². The van der Waals surface area contributed by atoms with Crippen LogP contribution in [0, 0.1) is 11.8 Å². The van der Waals surface area contributed by atoms with Crippen LogP contribution in [0.2, 0.25) is 0 Å². The first-order valence-electron chi connectivity index (χ1n) is 11.4. The van der Waals surface area contributed by atoms with E-state index in [4.69, 9.17) is 0 Å². The van der Waals surface area contributed by atoms with E-state index in [1.165, 1.54) is 64.2 Å². The highest BCUT2D eigenvalue weighted by Gasteiger charge is 2.46. The van der Waals surface area contributed by atoms with Crippen molar-refractivity contribution < 1.29 is 14.7 Å². The normalized spacial score (nSPS) is 42.8. The van der Waals surface area contributed by atoms with Crippen molar-refractivity contribution in [1.82, 2.24) is 0 Å². The number of piperidine rings is 1. The van der Waals surface area contributed by atoms with Crippen molar-refractivity contribution in [2.24, 2.45) is 11.8 Å². The van der Waals surface area contributed by atoms with Gasteiger partial charge in [0, 0.05) is 30.7 Å². The third kappa shape index (κ3) is 3.58. The van der Waals surface area contributed by atoms with Crippen molar-refractivity contribution in [1.29, 1.82) is 0 Å². The van der Waals surface area contributed by atoms with E-state index < -0.39 is 0 Å². The van der Waals surface area contributed by atoms with Crippen molar-refractivity contribution in [3.63, 3.8) is 0 Å². The molecule has 5 rings (SSSR count). The molecule has 4 fully saturated rings. The van der Waals surface area contributed by atoms with Gasteiger partial charge in [-0.15, -0.1) is 0 Å². The van der Waals surface area contributed by atoms with Crippen molar-refractivity contribution in [2.45, 2.75) is 57.2 Å². The van der Waals surface area contributed by atoms with Crippen LogP contribution in [0.25, 0.3) is 0 Å². The number of hydrogen-bond donors (Lipinski definition) is 3. The van der Waals surface area contributed by atoms with Crippen LogP contribution in [0.5, 0.6) is 0 Å². The first-order valence-corrected chi connectivity index (χ1v) is 11.4. The Hall–Kier alpha value is -0.900. The molecule has 2 aliphatic heterocycles. The lowest BCUT2D eigenvalue weighted by Gasteiger charge is -2.40. The SMILES string of the molecule is c1ccc(C[NH+]2CCC([NH+]3CC[NH+]([C@H]4C[C@H]5CC[C@@H]4C5)CC3)CC2)cc1. The van der Waals surface area contributed by atoms with Gasteiger partial charge in [-0.2, -0.15) is 0 Å². The fourth-order valence-corrected chi connectivity index (χ4v) is 6.91. The molecule has 0 radical (unpaired) electrons. The number of likely N-dealkylation sites (tertiary alicyclic amines) is 1. The zero-order valence-corrected chi connectivity index (χ0v) is 16.4. The molecule has 2 saturated carbocycles. The fourth-order valence-electron chi connectivity index (χ4n) is 6.91. The first kappa shape index (κ1) is 17.2. The van der Waals surface area contributed by atoms with Gasteiger partial charge >= 0.3 is 0 Å². The van der Waals surface area contributed by atoms with E-state index in [1.807, 2.05) is 9.80 Å². The predicted molar refractivity (Wildman–Crippen MR) is 104 cm³/mol. The minimum Gasteiger partial charge on any atom is -0.331 e. The van der Waals surface area contributed by atoms with E-state index in [-0.39, 0.29) is 0 Å². The molecular formula is C23H38N3+3. The highest BCUT2D eigenvalue weighted by Crippen LogP contribution is 2.43. The average molecular weight is 357 g/mol. The minimum absolute atomic E-state index is 0.955.